The van der Waals surface area contributed by atoms with Crippen LogP contribution in [-0.4, -0.2) is 6.61 Å². The first kappa shape index (κ1) is 18.6. The third-order valence-corrected chi connectivity index (χ3v) is 5.12. The maximum Gasteiger partial charge on any atom is 0.201 e. The normalized spacial score (nSPS) is 19.5. The van der Waals surface area contributed by atoms with E-state index >= 15 is 0 Å². The molecule has 0 aromatic heterocycles. The van der Waals surface area contributed by atoms with E-state index in [1.54, 1.807) is 13.0 Å². The summed E-state index contributed by atoms with van der Waals surface area (Å²) in [5, 5.41) is 0. The summed E-state index contributed by atoms with van der Waals surface area (Å²) in [6, 6.07) is 10.8. The minimum atomic E-state index is -0.924. The summed E-state index contributed by atoms with van der Waals surface area (Å²) in [5.74, 6) is -0.462. The van der Waals surface area contributed by atoms with Gasteiger partial charge in [-0.2, -0.15) is 4.39 Å². The van der Waals surface area contributed by atoms with E-state index in [0.29, 0.717) is 24.0 Å². The second-order valence-electron chi connectivity index (χ2n) is 7.11. The van der Waals surface area contributed by atoms with Crippen molar-refractivity contribution in [1.82, 2.24) is 0 Å². The van der Waals surface area contributed by atoms with Gasteiger partial charge in [0.2, 0.25) is 5.82 Å². The molecule has 0 heterocycles. The molecule has 0 fully saturated rings. The number of hydrogen-bond donors (Lipinski definition) is 0. The molecule has 138 valence electrons. The van der Waals surface area contributed by atoms with Gasteiger partial charge in [-0.25, -0.2) is 4.39 Å². The molecule has 0 N–H and O–H groups in total. The van der Waals surface area contributed by atoms with Crippen LogP contribution >= 0.6 is 0 Å². The number of aryl methyl sites for hydroxylation is 1. The molecule has 2 atom stereocenters. The molecule has 2 unspecified atom stereocenters. The molecular weight excluding hydrogens is 330 g/mol. The summed E-state index contributed by atoms with van der Waals surface area (Å²) in [6.45, 7) is 4.31. The maximum atomic E-state index is 14.3. The lowest BCUT2D eigenvalue weighted by Crippen LogP contribution is -2.07. The van der Waals surface area contributed by atoms with Gasteiger partial charge in [0.1, 0.15) is 0 Å². The lowest BCUT2D eigenvalue weighted by Gasteiger charge is -2.20. The Kier molecular flexibility index (Phi) is 6.08. The molecule has 2 aromatic rings. The van der Waals surface area contributed by atoms with Crippen molar-refractivity contribution in [3.05, 3.63) is 65.7 Å². The molecule has 2 aromatic carbocycles. The minimum absolute atomic E-state index is 0.0415. The van der Waals surface area contributed by atoms with Crippen molar-refractivity contribution < 1.29 is 13.5 Å². The zero-order chi connectivity index (χ0) is 18.5. The van der Waals surface area contributed by atoms with Crippen LogP contribution in [0.4, 0.5) is 8.78 Å². The Labute approximate surface area is 154 Å². The predicted molar refractivity (Wildman–Crippen MR) is 102 cm³/mol. The lowest BCUT2D eigenvalue weighted by molar-refractivity contribution is 0.314. The van der Waals surface area contributed by atoms with Crippen molar-refractivity contribution >= 4 is 0 Å². The van der Waals surface area contributed by atoms with Crippen LogP contribution in [0.3, 0.4) is 0 Å². The molecule has 0 saturated carbocycles. The van der Waals surface area contributed by atoms with Crippen LogP contribution < -0.4 is 4.74 Å². The molecule has 26 heavy (non-hydrogen) atoms. The third kappa shape index (κ3) is 4.32. The number of halogens is 2. The Morgan fingerprint density at radius 3 is 2.38 bits per heavy atom. The highest BCUT2D eigenvalue weighted by Gasteiger charge is 2.16. The zero-order valence-electron chi connectivity index (χ0n) is 15.5. The van der Waals surface area contributed by atoms with Gasteiger partial charge in [-0.1, -0.05) is 43.3 Å². The van der Waals surface area contributed by atoms with Crippen LogP contribution in [0.1, 0.15) is 38.7 Å². The summed E-state index contributed by atoms with van der Waals surface area (Å²) >= 11 is 0. The predicted octanol–water partition coefficient (Wildman–Crippen LogP) is 6.57. The van der Waals surface area contributed by atoms with Gasteiger partial charge in [0.05, 0.1) is 6.61 Å². The molecule has 3 heteroatoms. The van der Waals surface area contributed by atoms with Crippen LogP contribution in [0, 0.1) is 23.5 Å². The second kappa shape index (κ2) is 8.48. The smallest absolute Gasteiger partial charge is 0.201 e. The molecule has 0 bridgehead atoms. The summed E-state index contributed by atoms with van der Waals surface area (Å²) in [4.78, 5) is 0. The van der Waals surface area contributed by atoms with E-state index in [-0.39, 0.29) is 11.3 Å². The Morgan fingerprint density at radius 1 is 0.962 bits per heavy atom. The number of ether oxygens (including phenoxy) is 1. The molecule has 0 saturated heterocycles. The Bertz CT molecular complexity index is 765. The zero-order valence-corrected chi connectivity index (χ0v) is 15.5. The van der Waals surface area contributed by atoms with Crippen LogP contribution in [0.25, 0.3) is 11.1 Å². The van der Waals surface area contributed by atoms with Crippen LogP contribution in [-0.2, 0) is 6.42 Å². The van der Waals surface area contributed by atoms with Crippen LogP contribution in [0.5, 0.6) is 5.75 Å². The van der Waals surface area contributed by atoms with E-state index in [9.17, 15) is 8.78 Å². The monoisotopic (exact) mass is 356 g/mol. The van der Waals surface area contributed by atoms with Gasteiger partial charge < -0.3 is 4.74 Å². The van der Waals surface area contributed by atoms with Gasteiger partial charge in [0.25, 0.3) is 0 Å². The molecule has 0 amide bonds. The summed E-state index contributed by atoms with van der Waals surface area (Å²) in [5.41, 5.74) is 2.17. The minimum Gasteiger partial charge on any atom is -0.491 e. The van der Waals surface area contributed by atoms with E-state index in [1.165, 1.54) is 24.5 Å². The first-order valence-corrected chi connectivity index (χ1v) is 9.47. The number of benzene rings is 2. The van der Waals surface area contributed by atoms with Crippen molar-refractivity contribution in [2.75, 3.05) is 6.61 Å². The van der Waals surface area contributed by atoms with Gasteiger partial charge in [-0.15, -0.1) is 0 Å². The Morgan fingerprint density at radius 2 is 1.73 bits per heavy atom. The van der Waals surface area contributed by atoms with E-state index in [1.807, 2.05) is 24.3 Å². The highest BCUT2D eigenvalue weighted by molar-refractivity contribution is 5.65. The molecule has 1 aliphatic rings. The van der Waals surface area contributed by atoms with Gasteiger partial charge >= 0.3 is 0 Å². The number of hydrogen-bond acceptors (Lipinski definition) is 1. The van der Waals surface area contributed by atoms with E-state index < -0.39 is 11.6 Å². The van der Waals surface area contributed by atoms with E-state index in [2.05, 4.69) is 19.1 Å². The fourth-order valence-corrected chi connectivity index (χ4v) is 3.48. The Balaban J connectivity index is 1.68. The number of rotatable bonds is 6. The van der Waals surface area contributed by atoms with Crippen LogP contribution in [0.2, 0.25) is 0 Å². The summed E-state index contributed by atoms with van der Waals surface area (Å²) in [6.07, 6.45) is 9.33. The molecular formula is C23H26F2O. The Hall–Kier alpha value is -2.16. The van der Waals surface area contributed by atoms with Gasteiger partial charge in [0, 0.05) is 5.56 Å². The third-order valence-electron chi connectivity index (χ3n) is 5.12. The molecule has 1 nitrogen and oxygen atoms in total. The van der Waals surface area contributed by atoms with Crippen molar-refractivity contribution in [3.63, 3.8) is 0 Å². The highest BCUT2D eigenvalue weighted by Crippen LogP contribution is 2.30. The largest absolute Gasteiger partial charge is 0.491 e. The first-order valence-electron chi connectivity index (χ1n) is 9.47. The summed E-state index contributed by atoms with van der Waals surface area (Å²) < 4.78 is 33.5. The quantitative estimate of drug-likeness (QED) is 0.532. The van der Waals surface area contributed by atoms with Crippen LogP contribution in [0.15, 0.2) is 48.6 Å². The average molecular weight is 356 g/mol. The van der Waals surface area contributed by atoms with Crippen molar-refractivity contribution in [2.24, 2.45) is 11.8 Å². The molecule has 1 aliphatic carbocycles. The number of allylic oxidation sites excluding steroid dienone is 2. The lowest BCUT2D eigenvalue weighted by atomic mass is 9.86. The van der Waals surface area contributed by atoms with Crippen molar-refractivity contribution in [3.8, 4) is 16.9 Å². The molecule has 3 rings (SSSR count). The highest BCUT2D eigenvalue weighted by atomic mass is 19.2. The average Bonchev–Trinajstić information content (AvgIpc) is 2.66. The fraction of sp³-hybridized carbons (Fsp3) is 0.391. The summed E-state index contributed by atoms with van der Waals surface area (Å²) in [7, 11) is 0. The standard InChI is InChI=1S/C23H26F2O/c1-3-26-21-15-14-20(22(24)23(21)25)19-12-10-18(11-13-19)9-8-17-6-4-16(2)5-7-17/h4,6,10-17H,3,5,7-9H2,1-2H3. The maximum absolute atomic E-state index is 14.3. The molecule has 0 aliphatic heterocycles. The van der Waals surface area contributed by atoms with E-state index in [4.69, 9.17) is 4.74 Å². The topological polar surface area (TPSA) is 9.23 Å². The van der Waals surface area contributed by atoms with Gasteiger partial charge in [-0.05, 0) is 67.7 Å². The molecule has 0 radical (unpaired) electrons. The SMILES string of the molecule is CCOc1ccc(-c2ccc(CCC3C=CC(C)CC3)cc2)c(F)c1F. The first-order chi connectivity index (χ1) is 12.6. The van der Waals surface area contributed by atoms with Gasteiger partial charge in [-0.3, -0.25) is 0 Å². The second-order valence-corrected chi connectivity index (χ2v) is 7.11. The fourth-order valence-electron chi connectivity index (χ4n) is 3.48. The van der Waals surface area contributed by atoms with Crippen molar-refractivity contribution in [1.29, 1.82) is 0 Å². The van der Waals surface area contributed by atoms with E-state index in [0.717, 1.165) is 12.8 Å². The van der Waals surface area contributed by atoms with Crippen molar-refractivity contribution in [2.45, 2.75) is 39.5 Å². The van der Waals surface area contributed by atoms with Gasteiger partial charge in [0.15, 0.2) is 11.6 Å². The molecule has 0 spiro atoms.